The van der Waals surface area contributed by atoms with Crippen molar-refractivity contribution in [2.24, 2.45) is 0 Å². The van der Waals surface area contributed by atoms with Gasteiger partial charge in [-0.2, -0.15) is 0 Å². The molecule has 8 heteroatoms. The van der Waals surface area contributed by atoms with E-state index in [1.807, 2.05) is 31.2 Å². The molecule has 0 saturated heterocycles. The van der Waals surface area contributed by atoms with Crippen LogP contribution >= 0.6 is 0 Å². The van der Waals surface area contributed by atoms with Gasteiger partial charge >= 0.3 is 12.1 Å². The number of esters is 1. The first-order chi connectivity index (χ1) is 15.9. The molecule has 8 nitrogen and oxygen atoms in total. The van der Waals surface area contributed by atoms with E-state index < -0.39 is 24.6 Å². The summed E-state index contributed by atoms with van der Waals surface area (Å²) in [6.45, 7) is 1.46. The van der Waals surface area contributed by atoms with Crippen molar-refractivity contribution in [3.05, 3.63) is 83.9 Å². The molecule has 0 saturated carbocycles. The fourth-order valence-electron chi connectivity index (χ4n) is 2.96. The molecular formula is C25H24N2O6. The Labute approximate surface area is 191 Å². The van der Waals surface area contributed by atoms with Gasteiger partial charge in [0.2, 0.25) is 0 Å². The zero-order valence-electron chi connectivity index (χ0n) is 18.5. The molecule has 0 aliphatic carbocycles. The zero-order chi connectivity index (χ0) is 23.8. The van der Waals surface area contributed by atoms with Crippen LogP contribution in [0.1, 0.15) is 15.9 Å². The van der Waals surface area contributed by atoms with Gasteiger partial charge in [-0.15, -0.1) is 0 Å². The van der Waals surface area contributed by atoms with Gasteiger partial charge in [-0.05, 0) is 43.3 Å². The largest absolute Gasteiger partial charge is 0.455 e. The summed E-state index contributed by atoms with van der Waals surface area (Å²) in [5.74, 6) is -0.214. The fraction of sp³-hybridized carbons (Fsp3) is 0.160. The number of nitrogens with zero attached hydrogens (tertiary/aromatic N) is 1. The van der Waals surface area contributed by atoms with E-state index >= 15 is 0 Å². The Bertz CT molecular complexity index is 1140. The molecule has 0 fully saturated rings. The van der Waals surface area contributed by atoms with Gasteiger partial charge < -0.3 is 19.5 Å². The first kappa shape index (κ1) is 23.3. The van der Waals surface area contributed by atoms with E-state index in [-0.39, 0.29) is 5.56 Å². The van der Waals surface area contributed by atoms with E-state index in [2.05, 4.69) is 10.1 Å². The monoisotopic (exact) mass is 448 g/mol. The zero-order valence-corrected chi connectivity index (χ0v) is 18.5. The number of ether oxygens (including phenoxy) is 3. The summed E-state index contributed by atoms with van der Waals surface area (Å²) in [5, 5.41) is 2.69. The Morgan fingerprint density at radius 3 is 2.30 bits per heavy atom. The van der Waals surface area contributed by atoms with E-state index in [0.29, 0.717) is 22.9 Å². The number of carbonyl (C=O) groups is 3. The lowest BCUT2D eigenvalue weighted by Gasteiger charge is -2.18. The van der Waals surface area contributed by atoms with E-state index in [1.54, 1.807) is 42.5 Å². The van der Waals surface area contributed by atoms with Gasteiger partial charge in [-0.25, -0.2) is 9.59 Å². The smallest absolute Gasteiger partial charge is 0.413 e. The van der Waals surface area contributed by atoms with E-state index in [1.165, 1.54) is 25.1 Å². The molecule has 0 aromatic heterocycles. The summed E-state index contributed by atoms with van der Waals surface area (Å²) in [6, 6.07) is 20.8. The van der Waals surface area contributed by atoms with Crippen molar-refractivity contribution < 1.29 is 28.6 Å². The fourth-order valence-corrected chi connectivity index (χ4v) is 2.96. The molecule has 170 valence electrons. The van der Waals surface area contributed by atoms with Crippen LogP contribution in [0, 0.1) is 6.92 Å². The molecule has 1 N–H and O–H groups in total. The number of aryl methyl sites for hydroxylation is 1. The van der Waals surface area contributed by atoms with Crippen LogP contribution in [0.3, 0.4) is 0 Å². The number of anilines is 2. The lowest BCUT2D eigenvalue weighted by molar-refractivity contribution is -0.119. The van der Waals surface area contributed by atoms with Crippen LogP contribution in [0.4, 0.5) is 16.2 Å². The van der Waals surface area contributed by atoms with Crippen molar-refractivity contribution in [2.75, 3.05) is 31.0 Å². The maximum Gasteiger partial charge on any atom is 0.413 e. The normalized spacial score (nSPS) is 10.2. The summed E-state index contributed by atoms with van der Waals surface area (Å²) < 4.78 is 15.7. The molecule has 33 heavy (non-hydrogen) atoms. The number of nitrogens with one attached hydrogen (secondary N) is 1. The molecule has 0 radical (unpaired) electrons. The molecule has 0 aliphatic rings. The van der Waals surface area contributed by atoms with Crippen molar-refractivity contribution in [1.29, 1.82) is 0 Å². The Kier molecular flexibility index (Phi) is 7.64. The third kappa shape index (κ3) is 6.10. The SMILES string of the molecule is COC(=O)N(C)c1ccccc1C(=O)OCC(=O)Nc1ccccc1Oc1ccc(C)cc1. The number of rotatable bonds is 7. The maximum absolute atomic E-state index is 12.6. The van der Waals surface area contributed by atoms with Gasteiger partial charge in [0.05, 0.1) is 24.0 Å². The average molecular weight is 448 g/mol. The van der Waals surface area contributed by atoms with Crippen molar-refractivity contribution >= 4 is 29.3 Å². The highest BCUT2D eigenvalue weighted by Gasteiger charge is 2.20. The number of para-hydroxylation sites is 3. The number of methoxy groups -OCH3 is 1. The molecule has 0 spiro atoms. The van der Waals surface area contributed by atoms with E-state index in [0.717, 1.165) is 5.56 Å². The van der Waals surface area contributed by atoms with Gasteiger partial charge in [0.1, 0.15) is 5.75 Å². The molecule has 0 bridgehead atoms. The van der Waals surface area contributed by atoms with Crippen LogP contribution in [0.15, 0.2) is 72.8 Å². The minimum Gasteiger partial charge on any atom is -0.455 e. The summed E-state index contributed by atoms with van der Waals surface area (Å²) in [6.07, 6.45) is -0.641. The third-order valence-electron chi connectivity index (χ3n) is 4.68. The number of amides is 2. The molecule has 0 heterocycles. The molecule has 3 aromatic carbocycles. The van der Waals surface area contributed by atoms with Crippen molar-refractivity contribution in [3.63, 3.8) is 0 Å². The van der Waals surface area contributed by atoms with Crippen LogP contribution in [-0.4, -0.2) is 38.7 Å². The third-order valence-corrected chi connectivity index (χ3v) is 4.68. The van der Waals surface area contributed by atoms with Crippen molar-refractivity contribution in [1.82, 2.24) is 0 Å². The number of carbonyl (C=O) groups excluding carboxylic acids is 3. The van der Waals surface area contributed by atoms with Crippen LogP contribution in [-0.2, 0) is 14.3 Å². The highest BCUT2D eigenvalue weighted by Crippen LogP contribution is 2.29. The second-order valence-electron chi connectivity index (χ2n) is 7.08. The Morgan fingerprint density at radius 2 is 1.58 bits per heavy atom. The molecular weight excluding hydrogens is 424 g/mol. The minimum absolute atomic E-state index is 0.126. The molecule has 0 atom stereocenters. The number of hydrogen-bond donors (Lipinski definition) is 1. The first-order valence-corrected chi connectivity index (χ1v) is 10.1. The van der Waals surface area contributed by atoms with E-state index in [4.69, 9.17) is 9.47 Å². The lowest BCUT2D eigenvalue weighted by atomic mass is 10.1. The van der Waals surface area contributed by atoms with Gasteiger partial charge in [-0.1, -0.05) is 42.0 Å². The number of benzene rings is 3. The summed E-state index contributed by atoms with van der Waals surface area (Å²) >= 11 is 0. The van der Waals surface area contributed by atoms with Crippen LogP contribution in [0.25, 0.3) is 0 Å². The predicted octanol–water partition coefficient (Wildman–Crippen LogP) is 4.79. The molecule has 3 rings (SSSR count). The Morgan fingerprint density at radius 1 is 0.909 bits per heavy atom. The molecule has 0 unspecified atom stereocenters. The standard InChI is InChI=1S/C25H24N2O6/c1-17-12-14-18(15-13-17)33-22-11-7-5-9-20(22)26-23(28)16-32-24(29)19-8-4-6-10-21(19)27(2)25(30)31-3/h4-15H,16H2,1-3H3,(H,26,28). The maximum atomic E-state index is 12.6. The van der Waals surface area contributed by atoms with E-state index in [9.17, 15) is 14.4 Å². The van der Waals surface area contributed by atoms with Gasteiger partial charge in [0.15, 0.2) is 12.4 Å². The van der Waals surface area contributed by atoms with Crippen LogP contribution in [0.2, 0.25) is 0 Å². The van der Waals surface area contributed by atoms with Gasteiger partial charge in [0, 0.05) is 7.05 Å². The average Bonchev–Trinajstić information content (AvgIpc) is 2.84. The van der Waals surface area contributed by atoms with Crippen molar-refractivity contribution in [3.8, 4) is 11.5 Å². The topological polar surface area (TPSA) is 94.2 Å². The highest BCUT2D eigenvalue weighted by atomic mass is 16.5. The quantitative estimate of drug-likeness (QED) is 0.523. The minimum atomic E-state index is -0.749. The second kappa shape index (κ2) is 10.8. The molecule has 3 aromatic rings. The highest BCUT2D eigenvalue weighted by molar-refractivity contribution is 6.02. The Balaban J connectivity index is 1.64. The lowest BCUT2D eigenvalue weighted by Crippen LogP contribution is -2.28. The second-order valence-corrected chi connectivity index (χ2v) is 7.08. The summed E-state index contributed by atoms with van der Waals surface area (Å²) in [4.78, 5) is 38.0. The van der Waals surface area contributed by atoms with Crippen LogP contribution < -0.4 is 15.0 Å². The van der Waals surface area contributed by atoms with Gasteiger partial charge in [0.25, 0.3) is 5.91 Å². The predicted molar refractivity (Wildman–Crippen MR) is 124 cm³/mol. The van der Waals surface area contributed by atoms with Crippen molar-refractivity contribution in [2.45, 2.75) is 6.92 Å². The molecule has 2 amide bonds. The van der Waals surface area contributed by atoms with Gasteiger partial charge in [-0.3, -0.25) is 9.69 Å². The number of hydrogen-bond acceptors (Lipinski definition) is 6. The Hall–Kier alpha value is -4.33. The summed E-state index contributed by atoms with van der Waals surface area (Å²) in [5.41, 5.74) is 1.96. The molecule has 0 aliphatic heterocycles. The summed E-state index contributed by atoms with van der Waals surface area (Å²) in [7, 11) is 2.71. The van der Waals surface area contributed by atoms with Crippen LogP contribution in [0.5, 0.6) is 11.5 Å². The first-order valence-electron chi connectivity index (χ1n) is 10.1.